The van der Waals surface area contributed by atoms with E-state index in [1.165, 1.54) is 21.4 Å². The van der Waals surface area contributed by atoms with E-state index in [2.05, 4.69) is 26.0 Å². The first-order valence-corrected chi connectivity index (χ1v) is 8.95. The molecule has 0 aliphatic carbocycles. The van der Waals surface area contributed by atoms with Gasteiger partial charge in [0.2, 0.25) is 4.96 Å². The standard InChI is InChI=1S/C18H12BrN3OS/c1-11-2-4-12(5-3-11)10-15-17(23)22-18(24-15)20-16(21-22)13-6-8-14(19)9-7-13/h2-10H,1H3/b15-10-. The number of benzene rings is 2. The lowest BCUT2D eigenvalue weighted by molar-refractivity contribution is 0.937. The molecule has 0 spiro atoms. The van der Waals surface area contributed by atoms with Gasteiger partial charge in [-0.2, -0.15) is 9.50 Å². The molecule has 0 unspecified atom stereocenters. The Labute approximate surface area is 150 Å². The minimum Gasteiger partial charge on any atom is -0.266 e. The predicted molar refractivity (Wildman–Crippen MR) is 100 cm³/mol. The average molecular weight is 398 g/mol. The molecule has 0 amide bonds. The molecule has 0 fully saturated rings. The average Bonchev–Trinajstić information content (AvgIpc) is 3.11. The van der Waals surface area contributed by atoms with E-state index >= 15 is 0 Å². The van der Waals surface area contributed by atoms with Crippen molar-refractivity contribution < 1.29 is 0 Å². The number of halogens is 1. The Morgan fingerprint density at radius 2 is 1.79 bits per heavy atom. The van der Waals surface area contributed by atoms with Crippen molar-refractivity contribution in [3.05, 3.63) is 79.0 Å². The van der Waals surface area contributed by atoms with Gasteiger partial charge in [-0.05, 0) is 30.7 Å². The fourth-order valence-corrected chi connectivity index (χ4v) is 3.54. The van der Waals surface area contributed by atoms with Gasteiger partial charge >= 0.3 is 0 Å². The summed E-state index contributed by atoms with van der Waals surface area (Å²) in [6, 6.07) is 15.8. The Morgan fingerprint density at radius 3 is 2.46 bits per heavy atom. The molecule has 0 aliphatic rings. The first-order chi connectivity index (χ1) is 11.6. The molecular formula is C18H12BrN3OS. The lowest BCUT2D eigenvalue weighted by atomic mass is 10.1. The topological polar surface area (TPSA) is 47.3 Å². The Balaban J connectivity index is 1.79. The van der Waals surface area contributed by atoms with Gasteiger partial charge < -0.3 is 0 Å². The van der Waals surface area contributed by atoms with E-state index in [-0.39, 0.29) is 5.56 Å². The van der Waals surface area contributed by atoms with Crippen molar-refractivity contribution in [2.75, 3.05) is 0 Å². The molecule has 4 nitrogen and oxygen atoms in total. The highest BCUT2D eigenvalue weighted by atomic mass is 79.9. The minimum absolute atomic E-state index is 0.133. The summed E-state index contributed by atoms with van der Waals surface area (Å²) >= 11 is 4.76. The Hall–Kier alpha value is -2.31. The molecule has 2 heterocycles. The highest BCUT2D eigenvalue weighted by molar-refractivity contribution is 9.10. The van der Waals surface area contributed by atoms with E-state index in [1.54, 1.807) is 0 Å². The number of thiazole rings is 1. The van der Waals surface area contributed by atoms with E-state index in [0.717, 1.165) is 15.6 Å². The lowest BCUT2D eigenvalue weighted by Crippen LogP contribution is -2.23. The second-order valence-corrected chi connectivity index (χ2v) is 7.39. The van der Waals surface area contributed by atoms with Gasteiger partial charge in [0.25, 0.3) is 5.56 Å². The van der Waals surface area contributed by atoms with Crippen LogP contribution in [0.15, 0.2) is 57.8 Å². The van der Waals surface area contributed by atoms with E-state index < -0.39 is 0 Å². The molecule has 24 heavy (non-hydrogen) atoms. The number of hydrogen-bond donors (Lipinski definition) is 0. The predicted octanol–water partition coefficient (Wildman–Crippen LogP) is 3.44. The minimum atomic E-state index is -0.133. The van der Waals surface area contributed by atoms with E-state index in [9.17, 15) is 4.79 Å². The molecule has 0 saturated heterocycles. The highest BCUT2D eigenvalue weighted by Crippen LogP contribution is 2.19. The monoisotopic (exact) mass is 397 g/mol. The van der Waals surface area contributed by atoms with Gasteiger partial charge in [0.15, 0.2) is 5.82 Å². The maximum atomic E-state index is 12.5. The van der Waals surface area contributed by atoms with Crippen LogP contribution in [0.25, 0.3) is 22.4 Å². The molecule has 4 aromatic rings. The molecule has 0 bridgehead atoms. The van der Waals surface area contributed by atoms with Crippen molar-refractivity contribution in [1.29, 1.82) is 0 Å². The van der Waals surface area contributed by atoms with Gasteiger partial charge in [-0.3, -0.25) is 4.79 Å². The van der Waals surface area contributed by atoms with Gasteiger partial charge in [-0.1, -0.05) is 69.2 Å². The first kappa shape index (κ1) is 15.2. The van der Waals surface area contributed by atoms with Crippen LogP contribution >= 0.6 is 27.3 Å². The molecule has 4 rings (SSSR count). The number of fused-ring (bicyclic) bond motifs is 1. The number of nitrogens with zero attached hydrogens (tertiary/aromatic N) is 3. The van der Waals surface area contributed by atoms with Gasteiger partial charge in [0.05, 0.1) is 4.53 Å². The maximum absolute atomic E-state index is 12.5. The third kappa shape index (κ3) is 2.79. The number of aromatic nitrogens is 3. The van der Waals surface area contributed by atoms with Crippen LogP contribution in [0.3, 0.4) is 0 Å². The summed E-state index contributed by atoms with van der Waals surface area (Å²) in [7, 11) is 0. The fourth-order valence-electron chi connectivity index (χ4n) is 2.37. The van der Waals surface area contributed by atoms with Gasteiger partial charge in [-0.15, -0.1) is 5.10 Å². The van der Waals surface area contributed by atoms with Crippen molar-refractivity contribution in [1.82, 2.24) is 14.6 Å². The van der Waals surface area contributed by atoms with Crippen LogP contribution in [-0.4, -0.2) is 14.6 Å². The van der Waals surface area contributed by atoms with E-state index in [0.29, 0.717) is 15.3 Å². The third-order valence-electron chi connectivity index (χ3n) is 3.66. The first-order valence-electron chi connectivity index (χ1n) is 7.34. The summed E-state index contributed by atoms with van der Waals surface area (Å²) in [5.74, 6) is 0.563. The van der Waals surface area contributed by atoms with Crippen molar-refractivity contribution in [3.8, 4) is 11.4 Å². The Kier molecular flexibility index (Phi) is 3.78. The van der Waals surface area contributed by atoms with Crippen LogP contribution < -0.4 is 10.1 Å². The normalized spacial score (nSPS) is 12.2. The smallest absolute Gasteiger partial charge is 0.266 e. The van der Waals surface area contributed by atoms with Gasteiger partial charge in [0.1, 0.15) is 0 Å². The van der Waals surface area contributed by atoms with Crippen molar-refractivity contribution in [3.63, 3.8) is 0 Å². The Morgan fingerprint density at radius 1 is 1.08 bits per heavy atom. The number of hydrogen-bond acceptors (Lipinski definition) is 4. The summed E-state index contributed by atoms with van der Waals surface area (Å²) in [5.41, 5.74) is 2.94. The zero-order valence-electron chi connectivity index (χ0n) is 12.7. The van der Waals surface area contributed by atoms with Crippen LogP contribution in [0, 0.1) is 6.92 Å². The maximum Gasteiger partial charge on any atom is 0.291 e. The van der Waals surface area contributed by atoms with E-state index in [1.807, 2.05) is 61.5 Å². The van der Waals surface area contributed by atoms with Crippen LogP contribution in [0.2, 0.25) is 0 Å². The van der Waals surface area contributed by atoms with Crippen molar-refractivity contribution in [2.45, 2.75) is 6.92 Å². The summed E-state index contributed by atoms with van der Waals surface area (Å²) < 4.78 is 3.00. The largest absolute Gasteiger partial charge is 0.291 e. The zero-order chi connectivity index (χ0) is 16.7. The summed E-state index contributed by atoms with van der Waals surface area (Å²) in [6.45, 7) is 2.04. The summed E-state index contributed by atoms with van der Waals surface area (Å²) in [6.07, 6.45) is 1.88. The molecule has 0 N–H and O–H groups in total. The molecule has 0 atom stereocenters. The second kappa shape index (κ2) is 5.96. The van der Waals surface area contributed by atoms with Crippen LogP contribution in [0.5, 0.6) is 0 Å². The SMILES string of the molecule is Cc1ccc(/C=c2\sc3nc(-c4ccc(Br)cc4)nn3c2=O)cc1. The molecule has 6 heteroatoms. The van der Waals surface area contributed by atoms with Crippen LogP contribution in [0.1, 0.15) is 11.1 Å². The lowest BCUT2D eigenvalue weighted by Gasteiger charge is -1.94. The van der Waals surface area contributed by atoms with Crippen molar-refractivity contribution in [2.24, 2.45) is 0 Å². The molecular weight excluding hydrogens is 386 g/mol. The summed E-state index contributed by atoms with van der Waals surface area (Å²) in [5, 5.41) is 4.36. The highest BCUT2D eigenvalue weighted by Gasteiger charge is 2.11. The summed E-state index contributed by atoms with van der Waals surface area (Å²) in [4.78, 5) is 17.6. The molecule has 2 aromatic heterocycles. The second-order valence-electron chi connectivity index (χ2n) is 5.46. The molecule has 0 radical (unpaired) electrons. The van der Waals surface area contributed by atoms with Gasteiger partial charge in [0, 0.05) is 10.0 Å². The quantitative estimate of drug-likeness (QED) is 0.520. The van der Waals surface area contributed by atoms with Gasteiger partial charge in [-0.25, -0.2) is 0 Å². The van der Waals surface area contributed by atoms with Crippen LogP contribution in [0.4, 0.5) is 0 Å². The molecule has 0 aliphatic heterocycles. The fraction of sp³-hybridized carbons (Fsp3) is 0.0556. The van der Waals surface area contributed by atoms with E-state index in [4.69, 9.17) is 0 Å². The molecule has 0 saturated carbocycles. The molecule has 2 aromatic carbocycles. The zero-order valence-corrected chi connectivity index (χ0v) is 15.1. The Bertz CT molecular complexity index is 1130. The molecule has 118 valence electrons. The number of aryl methyl sites for hydroxylation is 1. The third-order valence-corrected chi connectivity index (χ3v) is 5.15. The van der Waals surface area contributed by atoms with Crippen LogP contribution in [-0.2, 0) is 0 Å². The number of rotatable bonds is 2. The van der Waals surface area contributed by atoms with Crippen molar-refractivity contribution >= 4 is 38.3 Å².